The first-order valence-electron chi connectivity index (χ1n) is 3.69. The van der Waals surface area contributed by atoms with Gasteiger partial charge in [0.2, 0.25) is 0 Å². The van der Waals surface area contributed by atoms with Gasteiger partial charge in [-0.15, -0.1) is 6.58 Å². The lowest BCUT2D eigenvalue weighted by atomic mass is 9.81. The summed E-state index contributed by atoms with van der Waals surface area (Å²) in [6, 6.07) is 0. The minimum absolute atomic E-state index is 0.0856. The lowest BCUT2D eigenvalue weighted by Crippen LogP contribution is -2.36. The van der Waals surface area contributed by atoms with Crippen LogP contribution in [0.1, 0.15) is 34.1 Å². The first kappa shape index (κ1) is 9.70. The smallest absolute Gasteiger partial charge is 0.0105 e. The van der Waals surface area contributed by atoms with Crippen molar-refractivity contribution in [2.45, 2.75) is 39.7 Å². The molecule has 0 aliphatic heterocycles. The first-order chi connectivity index (χ1) is 4.27. The Kier molecular flexibility index (Phi) is 2.67. The van der Waals surface area contributed by atoms with Crippen LogP contribution in [0, 0.1) is 5.41 Å². The van der Waals surface area contributed by atoms with Gasteiger partial charge in [0, 0.05) is 5.54 Å². The molecule has 1 heteroatoms. The largest absolute Gasteiger partial charge is 0.326 e. The van der Waals surface area contributed by atoms with E-state index in [0.29, 0.717) is 0 Å². The maximum Gasteiger partial charge on any atom is 0.0105 e. The molecule has 0 rings (SSSR count). The monoisotopic (exact) mass is 141 g/mol. The summed E-state index contributed by atoms with van der Waals surface area (Å²) in [7, 11) is 0. The molecule has 0 unspecified atom stereocenters. The fraction of sp³-hybridized carbons (Fsp3) is 0.778. The van der Waals surface area contributed by atoms with Crippen molar-refractivity contribution >= 4 is 0 Å². The molecule has 0 heterocycles. The van der Waals surface area contributed by atoms with Gasteiger partial charge in [0.1, 0.15) is 0 Å². The van der Waals surface area contributed by atoms with Crippen LogP contribution in [0.3, 0.4) is 0 Å². The Labute approximate surface area is 64.3 Å². The van der Waals surface area contributed by atoms with Crippen LogP contribution in [0.25, 0.3) is 0 Å². The van der Waals surface area contributed by atoms with E-state index in [0.717, 1.165) is 6.42 Å². The van der Waals surface area contributed by atoms with Gasteiger partial charge in [0.15, 0.2) is 0 Å². The SMILES string of the molecule is C=CC(C)(C)CC(C)(C)N. The van der Waals surface area contributed by atoms with Crippen LogP contribution in [0.15, 0.2) is 12.7 Å². The average Bonchev–Trinajstić information content (AvgIpc) is 1.60. The van der Waals surface area contributed by atoms with Gasteiger partial charge in [0.25, 0.3) is 0 Å². The predicted molar refractivity (Wildman–Crippen MR) is 46.9 cm³/mol. The summed E-state index contributed by atoms with van der Waals surface area (Å²) in [6.45, 7) is 12.1. The number of nitrogens with two attached hydrogens (primary N) is 1. The predicted octanol–water partition coefficient (Wildman–Crippen LogP) is 2.33. The molecule has 0 aromatic heterocycles. The van der Waals surface area contributed by atoms with E-state index < -0.39 is 0 Å². The molecule has 0 bridgehead atoms. The topological polar surface area (TPSA) is 26.0 Å². The van der Waals surface area contributed by atoms with Crippen molar-refractivity contribution < 1.29 is 0 Å². The molecule has 0 amide bonds. The Bertz CT molecular complexity index is 117. The van der Waals surface area contributed by atoms with Crippen LogP contribution in [0.2, 0.25) is 0 Å². The van der Waals surface area contributed by atoms with Gasteiger partial charge in [-0.05, 0) is 25.7 Å². The molecule has 0 aliphatic rings. The molecule has 0 radical (unpaired) electrons. The quantitative estimate of drug-likeness (QED) is 0.600. The molecular weight excluding hydrogens is 122 g/mol. The Hall–Kier alpha value is -0.300. The minimum Gasteiger partial charge on any atom is -0.326 e. The zero-order valence-corrected chi connectivity index (χ0v) is 7.57. The van der Waals surface area contributed by atoms with Gasteiger partial charge in [-0.2, -0.15) is 0 Å². The summed E-state index contributed by atoms with van der Waals surface area (Å²) >= 11 is 0. The summed E-state index contributed by atoms with van der Waals surface area (Å²) in [4.78, 5) is 0. The van der Waals surface area contributed by atoms with Gasteiger partial charge in [0.05, 0.1) is 0 Å². The minimum atomic E-state index is -0.0856. The molecule has 0 saturated heterocycles. The number of hydrogen-bond acceptors (Lipinski definition) is 1. The van der Waals surface area contributed by atoms with Gasteiger partial charge in [-0.1, -0.05) is 19.9 Å². The number of rotatable bonds is 3. The lowest BCUT2D eigenvalue weighted by Gasteiger charge is -2.29. The molecule has 1 nitrogen and oxygen atoms in total. The Balaban J connectivity index is 4.01. The molecule has 0 aromatic rings. The van der Waals surface area contributed by atoms with E-state index in [9.17, 15) is 0 Å². The molecule has 2 N–H and O–H groups in total. The van der Waals surface area contributed by atoms with Crippen LogP contribution in [-0.2, 0) is 0 Å². The van der Waals surface area contributed by atoms with Crippen LogP contribution >= 0.6 is 0 Å². The summed E-state index contributed by atoms with van der Waals surface area (Å²) in [5, 5.41) is 0. The van der Waals surface area contributed by atoms with E-state index in [-0.39, 0.29) is 11.0 Å². The lowest BCUT2D eigenvalue weighted by molar-refractivity contribution is 0.324. The maximum absolute atomic E-state index is 5.85. The van der Waals surface area contributed by atoms with E-state index in [1.165, 1.54) is 0 Å². The van der Waals surface area contributed by atoms with E-state index in [2.05, 4.69) is 20.4 Å². The third kappa shape index (κ3) is 4.57. The van der Waals surface area contributed by atoms with Gasteiger partial charge in [-0.3, -0.25) is 0 Å². The Morgan fingerprint density at radius 2 is 1.70 bits per heavy atom. The molecule has 0 spiro atoms. The van der Waals surface area contributed by atoms with E-state index in [4.69, 9.17) is 5.73 Å². The van der Waals surface area contributed by atoms with Crippen molar-refractivity contribution in [3.05, 3.63) is 12.7 Å². The summed E-state index contributed by atoms with van der Waals surface area (Å²) in [5.74, 6) is 0. The van der Waals surface area contributed by atoms with Gasteiger partial charge in [-0.25, -0.2) is 0 Å². The third-order valence-corrected chi connectivity index (χ3v) is 1.46. The highest BCUT2D eigenvalue weighted by Gasteiger charge is 2.22. The molecule has 0 aromatic carbocycles. The van der Waals surface area contributed by atoms with Crippen molar-refractivity contribution in [2.24, 2.45) is 11.1 Å². The first-order valence-corrected chi connectivity index (χ1v) is 3.69. The standard InChI is InChI=1S/C9H19N/c1-6-8(2,3)7-9(4,5)10/h6H,1,7,10H2,2-5H3. The second kappa shape index (κ2) is 2.75. The zero-order chi connectivity index (χ0) is 8.41. The van der Waals surface area contributed by atoms with Crippen molar-refractivity contribution in [2.75, 3.05) is 0 Å². The van der Waals surface area contributed by atoms with E-state index >= 15 is 0 Å². The van der Waals surface area contributed by atoms with Crippen molar-refractivity contribution in [3.63, 3.8) is 0 Å². The highest BCUT2D eigenvalue weighted by atomic mass is 14.7. The molecule has 0 fully saturated rings. The van der Waals surface area contributed by atoms with Gasteiger partial charge >= 0.3 is 0 Å². The van der Waals surface area contributed by atoms with Crippen LogP contribution in [0.4, 0.5) is 0 Å². The fourth-order valence-electron chi connectivity index (χ4n) is 1.25. The number of hydrogen-bond donors (Lipinski definition) is 1. The van der Waals surface area contributed by atoms with Crippen molar-refractivity contribution in [3.8, 4) is 0 Å². The highest BCUT2D eigenvalue weighted by molar-refractivity contribution is 4.93. The zero-order valence-electron chi connectivity index (χ0n) is 7.57. The summed E-state index contributed by atoms with van der Waals surface area (Å²) in [5.41, 5.74) is 5.93. The second-order valence-corrected chi connectivity index (χ2v) is 4.36. The molecule has 0 aliphatic carbocycles. The highest BCUT2D eigenvalue weighted by Crippen LogP contribution is 2.26. The van der Waals surface area contributed by atoms with E-state index in [1.54, 1.807) is 0 Å². The molecule has 0 atom stereocenters. The Morgan fingerprint density at radius 1 is 1.30 bits per heavy atom. The fourth-order valence-corrected chi connectivity index (χ4v) is 1.25. The molecule has 10 heavy (non-hydrogen) atoms. The molecule has 0 saturated carbocycles. The average molecular weight is 141 g/mol. The summed E-state index contributed by atoms with van der Waals surface area (Å²) < 4.78 is 0. The third-order valence-electron chi connectivity index (χ3n) is 1.46. The molecule has 60 valence electrons. The van der Waals surface area contributed by atoms with Crippen LogP contribution < -0.4 is 5.73 Å². The van der Waals surface area contributed by atoms with Crippen LogP contribution in [-0.4, -0.2) is 5.54 Å². The van der Waals surface area contributed by atoms with Crippen molar-refractivity contribution in [1.29, 1.82) is 0 Å². The van der Waals surface area contributed by atoms with Crippen LogP contribution in [0.5, 0.6) is 0 Å². The maximum atomic E-state index is 5.85. The van der Waals surface area contributed by atoms with Crippen molar-refractivity contribution in [1.82, 2.24) is 0 Å². The second-order valence-electron chi connectivity index (χ2n) is 4.36. The van der Waals surface area contributed by atoms with Gasteiger partial charge < -0.3 is 5.73 Å². The number of allylic oxidation sites excluding steroid dienone is 1. The normalized spacial score (nSPS) is 13.3. The summed E-state index contributed by atoms with van der Waals surface area (Å²) in [6.07, 6.45) is 2.94. The Morgan fingerprint density at radius 3 is 1.80 bits per heavy atom. The molecular formula is C9H19N. The van der Waals surface area contributed by atoms with E-state index in [1.807, 2.05) is 19.9 Å².